The normalized spacial score (nSPS) is 21.9. The Morgan fingerprint density at radius 2 is 2.57 bits per heavy atom. The van der Waals surface area contributed by atoms with E-state index in [1.54, 1.807) is 12.4 Å². The van der Waals surface area contributed by atoms with Gasteiger partial charge in [0.15, 0.2) is 0 Å². The SMILES string of the molecule is O=C(Nc1cc[nH]c1)C1COCCN1. The molecule has 0 saturated carbocycles. The fraction of sp³-hybridized carbons (Fsp3) is 0.444. The first-order valence-electron chi connectivity index (χ1n) is 4.61. The topological polar surface area (TPSA) is 66.2 Å². The summed E-state index contributed by atoms with van der Waals surface area (Å²) in [6.07, 6.45) is 3.50. The first-order chi connectivity index (χ1) is 6.86. The highest BCUT2D eigenvalue weighted by molar-refractivity contribution is 5.94. The third-order valence-corrected chi connectivity index (χ3v) is 2.10. The molecule has 2 rings (SSSR count). The number of hydrogen-bond acceptors (Lipinski definition) is 3. The molecule has 1 aromatic rings. The van der Waals surface area contributed by atoms with Crippen molar-refractivity contribution in [2.24, 2.45) is 0 Å². The van der Waals surface area contributed by atoms with Gasteiger partial charge in [0, 0.05) is 18.9 Å². The van der Waals surface area contributed by atoms with Crippen molar-refractivity contribution >= 4 is 11.6 Å². The molecule has 1 aromatic heterocycles. The molecular formula is C9H13N3O2. The zero-order chi connectivity index (χ0) is 9.80. The lowest BCUT2D eigenvalue weighted by Crippen LogP contribution is -2.48. The van der Waals surface area contributed by atoms with Gasteiger partial charge in [-0.2, -0.15) is 0 Å². The summed E-state index contributed by atoms with van der Waals surface area (Å²) in [6, 6.07) is 1.57. The van der Waals surface area contributed by atoms with Gasteiger partial charge in [0.1, 0.15) is 6.04 Å². The maximum absolute atomic E-state index is 11.6. The number of aromatic amines is 1. The lowest BCUT2D eigenvalue weighted by atomic mass is 10.2. The minimum atomic E-state index is -0.237. The number of amides is 1. The van der Waals surface area contributed by atoms with E-state index in [1.165, 1.54) is 0 Å². The van der Waals surface area contributed by atoms with Crippen molar-refractivity contribution in [2.45, 2.75) is 6.04 Å². The maximum Gasteiger partial charge on any atom is 0.243 e. The van der Waals surface area contributed by atoms with Gasteiger partial charge in [0.25, 0.3) is 0 Å². The van der Waals surface area contributed by atoms with E-state index in [0.29, 0.717) is 13.2 Å². The second-order valence-corrected chi connectivity index (χ2v) is 3.17. The molecule has 1 unspecified atom stereocenters. The van der Waals surface area contributed by atoms with Gasteiger partial charge in [-0.15, -0.1) is 0 Å². The van der Waals surface area contributed by atoms with Crippen LogP contribution in [0.15, 0.2) is 18.5 Å². The Kier molecular flexibility index (Phi) is 2.81. The predicted molar refractivity (Wildman–Crippen MR) is 52.0 cm³/mol. The van der Waals surface area contributed by atoms with Gasteiger partial charge < -0.3 is 20.4 Å². The summed E-state index contributed by atoms with van der Waals surface area (Å²) in [7, 11) is 0. The van der Waals surface area contributed by atoms with Gasteiger partial charge in [-0.1, -0.05) is 0 Å². The zero-order valence-corrected chi connectivity index (χ0v) is 7.75. The molecule has 1 fully saturated rings. The zero-order valence-electron chi connectivity index (χ0n) is 7.75. The van der Waals surface area contributed by atoms with Crippen LogP contribution in [-0.4, -0.2) is 36.7 Å². The van der Waals surface area contributed by atoms with Crippen LogP contribution < -0.4 is 10.6 Å². The highest BCUT2D eigenvalue weighted by atomic mass is 16.5. The molecule has 14 heavy (non-hydrogen) atoms. The van der Waals surface area contributed by atoms with Gasteiger partial charge in [0.2, 0.25) is 5.91 Å². The average Bonchev–Trinajstić information content (AvgIpc) is 2.72. The Labute approximate surface area is 81.8 Å². The van der Waals surface area contributed by atoms with Crippen LogP contribution in [0, 0.1) is 0 Å². The van der Waals surface area contributed by atoms with E-state index in [2.05, 4.69) is 15.6 Å². The Bertz CT molecular complexity index is 291. The molecule has 76 valence electrons. The van der Waals surface area contributed by atoms with Crippen LogP contribution in [0.2, 0.25) is 0 Å². The molecule has 0 spiro atoms. The molecule has 5 nitrogen and oxygen atoms in total. The van der Waals surface area contributed by atoms with Crippen molar-refractivity contribution < 1.29 is 9.53 Å². The number of anilines is 1. The van der Waals surface area contributed by atoms with E-state index in [0.717, 1.165) is 12.2 Å². The summed E-state index contributed by atoms with van der Waals surface area (Å²) >= 11 is 0. The van der Waals surface area contributed by atoms with Crippen LogP contribution in [0.25, 0.3) is 0 Å². The van der Waals surface area contributed by atoms with Crippen LogP contribution in [0.1, 0.15) is 0 Å². The fourth-order valence-electron chi connectivity index (χ4n) is 1.36. The predicted octanol–water partition coefficient (Wildman–Crippen LogP) is -0.0584. The lowest BCUT2D eigenvalue weighted by Gasteiger charge is -2.22. The van der Waals surface area contributed by atoms with E-state index in [-0.39, 0.29) is 11.9 Å². The Morgan fingerprint density at radius 1 is 1.64 bits per heavy atom. The van der Waals surface area contributed by atoms with Crippen molar-refractivity contribution in [1.29, 1.82) is 0 Å². The summed E-state index contributed by atoms with van der Waals surface area (Å²) < 4.78 is 5.19. The van der Waals surface area contributed by atoms with E-state index in [9.17, 15) is 4.79 Å². The Hall–Kier alpha value is -1.33. The van der Waals surface area contributed by atoms with Crippen molar-refractivity contribution in [1.82, 2.24) is 10.3 Å². The molecule has 1 aliphatic rings. The number of rotatable bonds is 2. The highest BCUT2D eigenvalue weighted by Crippen LogP contribution is 2.05. The van der Waals surface area contributed by atoms with Gasteiger partial charge in [-0.3, -0.25) is 4.79 Å². The Balaban J connectivity index is 1.88. The number of ether oxygens (including phenoxy) is 1. The molecule has 0 radical (unpaired) electrons. The Morgan fingerprint density at radius 3 is 3.21 bits per heavy atom. The largest absolute Gasteiger partial charge is 0.378 e. The third kappa shape index (κ3) is 2.12. The number of carbonyl (C=O) groups excluding carboxylic acids is 1. The first kappa shape index (κ1) is 9.23. The van der Waals surface area contributed by atoms with Crippen molar-refractivity contribution in [2.75, 3.05) is 25.1 Å². The van der Waals surface area contributed by atoms with Crippen molar-refractivity contribution in [3.63, 3.8) is 0 Å². The molecule has 1 aliphatic heterocycles. The van der Waals surface area contributed by atoms with Crippen LogP contribution in [-0.2, 0) is 9.53 Å². The quantitative estimate of drug-likeness (QED) is 0.619. The molecule has 1 amide bonds. The van der Waals surface area contributed by atoms with Crippen molar-refractivity contribution in [3.8, 4) is 0 Å². The third-order valence-electron chi connectivity index (χ3n) is 2.10. The fourth-order valence-corrected chi connectivity index (χ4v) is 1.36. The number of nitrogens with one attached hydrogen (secondary N) is 3. The summed E-state index contributed by atoms with van der Waals surface area (Å²) in [4.78, 5) is 14.5. The smallest absolute Gasteiger partial charge is 0.243 e. The minimum absolute atomic E-state index is 0.0516. The molecular weight excluding hydrogens is 182 g/mol. The van der Waals surface area contributed by atoms with Crippen LogP contribution >= 0.6 is 0 Å². The standard InChI is InChI=1S/C9H13N3O2/c13-9(8-6-14-4-3-11-8)12-7-1-2-10-5-7/h1-2,5,8,10-11H,3-4,6H2,(H,12,13). The van der Waals surface area contributed by atoms with E-state index in [1.807, 2.05) is 6.07 Å². The van der Waals surface area contributed by atoms with Gasteiger partial charge >= 0.3 is 0 Å². The molecule has 5 heteroatoms. The second kappa shape index (κ2) is 4.26. The number of hydrogen-bond donors (Lipinski definition) is 3. The van der Waals surface area contributed by atoms with Crippen LogP contribution in [0.4, 0.5) is 5.69 Å². The summed E-state index contributed by atoms with van der Waals surface area (Å²) in [5.74, 6) is -0.0516. The number of morpholine rings is 1. The average molecular weight is 195 g/mol. The van der Waals surface area contributed by atoms with E-state index in [4.69, 9.17) is 4.74 Å². The molecule has 0 aliphatic carbocycles. The van der Waals surface area contributed by atoms with Crippen LogP contribution in [0.5, 0.6) is 0 Å². The highest BCUT2D eigenvalue weighted by Gasteiger charge is 2.20. The monoisotopic (exact) mass is 195 g/mol. The first-order valence-corrected chi connectivity index (χ1v) is 4.61. The second-order valence-electron chi connectivity index (χ2n) is 3.17. The van der Waals surface area contributed by atoms with Gasteiger partial charge in [-0.25, -0.2) is 0 Å². The summed E-state index contributed by atoms with van der Waals surface area (Å²) in [5.41, 5.74) is 0.780. The molecule has 1 saturated heterocycles. The molecule has 0 bridgehead atoms. The van der Waals surface area contributed by atoms with Crippen LogP contribution in [0.3, 0.4) is 0 Å². The number of carbonyl (C=O) groups is 1. The summed E-state index contributed by atoms with van der Waals surface area (Å²) in [6.45, 7) is 1.84. The van der Waals surface area contributed by atoms with E-state index >= 15 is 0 Å². The minimum Gasteiger partial charge on any atom is -0.378 e. The number of aromatic nitrogens is 1. The number of H-pyrrole nitrogens is 1. The maximum atomic E-state index is 11.6. The van der Waals surface area contributed by atoms with Crippen molar-refractivity contribution in [3.05, 3.63) is 18.5 Å². The lowest BCUT2D eigenvalue weighted by molar-refractivity contribution is -0.120. The van der Waals surface area contributed by atoms with E-state index < -0.39 is 0 Å². The summed E-state index contributed by atoms with van der Waals surface area (Å²) in [5, 5.41) is 5.86. The molecule has 1 atom stereocenters. The molecule has 3 N–H and O–H groups in total. The molecule has 0 aromatic carbocycles. The molecule has 2 heterocycles. The van der Waals surface area contributed by atoms with Gasteiger partial charge in [-0.05, 0) is 6.07 Å². The van der Waals surface area contributed by atoms with Gasteiger partial charge in [0.05, 0.1) is 18.9 Å².